The Morgan fingerprint density at radius 3 is 1.94 bits per heavy atom. The highest BCUT2D eigenvalue weighted by Crippen LogP contribution is 2.41. The smallest absolute Gasteiger partial charge is 0.418 e. The molecule has 0 saturated carbocycles. The van der Waals surface area contributed by atoms with Gasteiger partial charge in [-0.05, 0) is 0 Å². The molecule has 7 heteroatoms. The van der Waals surface area contributed by atoms with E-state index in [1.807, 2.05) is 0 Å². The van der Waals surface area contributed by atoms with Crippen molar-refractivity contribution in [1.82, 2.24) is 4.98 Å². The number of rotatable bonds is 3. The summed E-state index contributed by atoms with van der Waals surface area (Å²) >= 11 is 0. The number of pyridine rings is 1. The van der Waals surface area contributed by atoms with Crippen LogP contribution in [0.1, 0.15) is 11.7 Å². The zero-order valence-electron chi connectivity index (χ0n) is 8.58. The minimum absolute atomic E-state index is 0.177. The predicted molar refractivity (Wildman–Crippen MR) is 48.4 cm³/mol. The van der Waals surface area contributed by atoms with Crippen molar-refractivity contribution in [1.29, 1.82) is 0 Å². The lowest BCUT2D eigenvalue weighted by atomic mass is 10.1. The van der Waals surface area contributed by atoms with E-state index in [0.29, 0.717) is 0 Å². The molecule has 1 N–H and O–H groups in total. The van der Waals surface area contributed by atoms with E-state index in [1.54, 1.807) is 0 Å². The molecular formula is C9H10F3NO3. The molecule has 0 bridgehead atoms. The molecular weight excluding hydrogens is 227 g/mol. The molecule has 1 aromatic heterocycles. The molecule has 0 aromatic carbocycles. The Labute approximate surface area is 89.6 Å². The summed E-state index contributed by atoms with van der Waals surface area (Å²) in [6.07, 6.45) is -5.30. The topological polar surface area (TPSA) is 51.6 Å². The molecule has 0 fully saturated rings. The number of ether oxygens (including phenoxy) is 2. The van der Waals surface area contributed by atoms with Crippen molar-refractivity contribution in [2.45, 2.75) is 12.3 Å². The summed E-state index contributed by atoms with van der Waals surface area (Å²) in [6.45, 7) is 0. The average molecular weight is 237 g/mol. The summed E-state index contributed by atoms with van der Waals surface area (Å²) in [4.78, 5) is 3.62. The monoisotopic (exact) mass is 237 g/mol. The highest BCUT2D eigenvalue weighted by Gasteiger charge is 2.42. The number of aliphatic hydroxyl groups is 1. The number of halogens is 3. The van der Waals surface area contributed by atoms with Gasteiger partial charge < -0.3 is 14.6 Å². The number of methoxy groups -OCH3 is 2. The normalized spacial score (nSPS) is 13.4. The molecule has 1 aromatic rings. The summed E-state index contributed by atoms with van der Waals surface area (Å²) < 4.78 is 46.6. The van der Waals surface area contributed by atoms with Crippen LogP contribution in [0.25, 0.3) is 0 Å². The fraction of sp³-hybridized carbons (Fsp3) is 0.444. The Hall–Kier alpha value is -1.50. The maximum absolute atomic E-state index is 12.4. The van der Waals surface area contributed by atoms with Gasteiger partial charge in [0.1, 0.15) is 11.5 Å². The third kappa shape index (κ3) is 2.35. The number of hydrogen-bond donors (Lipinski definition) is 1. The molecule has 0 saturated heterocycles. The zero-order chi connectivity index (χ0) is 12.3. The van der Waals surface area contributed by atoms with E-state index in [2.05, 4.69) is 4.98 Å². The van der Waals surface area contributed by atoms with Crippen molar-refractivity contribution in [3.05, 3.63) is 18.0 Å². The lowest BCUT2D eigenvalue weighted by molar-refractivity contribution is -0.207. The van der Waals surface area contributed by atoms with Gasteiger partial charge in [0.25, 0.3) is 0 Å². The first-order valence-electron chi connectivity index (χ1n) is 4.22. The van der Waals surface area contributed by atoms with Crippen LogP contribution in [0.5, 0.6) is 11.5 Å². The molecule has 4 nitrogen and oxygen atoms in total. The number of hydrogen-bond acceptors (Lipinski definition) is 4. The third-order valence-electron chi connectivity index (χ3n) is 1.94. The lowest BCUT2D eigenvalue weighted by Crippen LogP contribution is -2.21. The summed E-state index contributed by atoms with van der Waals surface area (Å²) in [7, 11) is 2.37. The van der Waals surface area contributed by atoms with E-state index < -0.39 is 17.8 Å². The van der Waals surface area contributed by atoms with Gasteiger partial charge in [0.05, 0.1) is 32.2 Å². The van der Waals surface area contributed by atoms with Crippen LogP contribution in [-0.2, 0) is 0 Å². The molecule has 1 unspecified atom stereocenters. The first-order chi connectivity index (χ1) is 7.41. The number of alkyl halides is 3. The highest BCUT2D eigenvalue weighted by atomic mass is 19.4. The minimum atomic E-state index is -4.79. The Morgan fingerprint density at radius 1 is 1.19 bits per heavy atom. The summed E-state index contributed by atoms with van der Waals surface area (Å²) in [5.74, 6) is -0.353. The van der Waals surface area contributed by atoms with Gasteiger partial charge in [-0.2, -0.15) is 13.2 Å². The van der Waals surface area contributed by atoms with Crippen LogP contribution >= 0.6 is 0 Å². The molecule has 0 amide bonds. The van der Waals surface area contributed by atoms with Crippen LogP contribution in [0.3, 0.4) is 0 Å². The van der Waals surface area contributed by atoms with Crippen LogP contribution in [0, 0.1) is 0 Å². The van der Waals surface area contributed by atoms with Crippen molar-refractivity contribution >= 4 is 0 Å². The maximum Gasteiger partial charge on any atom is 0.418 e. The quantitative estimate of drug-likeness (QED) is 0.869. The van der Waals surface area contributed by atoms with Crippen LogP contribution in [0.4, 0.5) is 13.2 Å². The second kappa shape index (κ2) is 4.56. The van der Waals surface area contributed by atoms with Crippen molar-refractivity contribution < 1.29 is 27.8 Å². The molecule has 0 aliphatic heterocycles. The van der Waals surface area contributed by atoms with Crippen LogP contribution < -0.4 is 9.47 Å². The molecule has 1 rings (SSSR count). The standard InChI is InChI=1S/C9H10F3NO3/c1-15-5-3-13-4-6(16-2)7(5)8(14)9(10,11)12/h3-4,8,14H,1-2H3. The molecule has 0 aliphatic carbocycles. The average Bonchev–Trinajstić information content (AvgIpc) is 2.25. The Balaban J connectivity index is 3.28. The van der Waals surface area contributed by atoms with Gasteiger partial charge in [0, 0.05) is 0 Å². The van der Waals surface area contributed by atoms with Gasteiger partial charge in [-0.15, -0.1) is 0 Å². The molecule has 0 aliphatic rings. The van der Waals surface area contributed by atoms with Crippen molar-refractivity contribution in [2.24, 2.45) is 0 Å². The van der Waals surface area contributed by atoms with E-state index in [9.17, 15) is 13.2 Å². The minimum Gasteiger partial charge on any atom is -0.495 e. The Kier molecular flexibility index (Phi) is 3.58. The summed E-state index contributed by atoms with van der Waals surface area (Å²) in [6, 6.07) is 0. The van der Waals surface area contributed by atoms with Crippen LogP contribution in [0.15, 0.2) is 12.4 Å². The molecule has 0 spiro atoms. The number of aromatic nitrogens is 1. The number of nitrogens with zero attached hydrogens (tertiary/aromatic N) is 1. The highest BCUT2D eigenvalue weighted by molar-refractivity contribution is 5.44. The molecule has 1 heterocycles. The Bertz CT molecular complexity index is 345. The maximum atomic E-state index is 12.4. The van der Waals surface area contributed by atoms with Gasteiger partial charge in [-0.25, -0.2) is 0 Å². The van der Waals surface area contributed by atoms with Gasteiger partial charge in [0.2, 0.25) is 0 Å². The Morgan fingerprint density at radius 2 is 1.62 bits per heavy atom. The van der Waals surface area contributed by atoms with Gasteiger partial charge >= 0.3 is 6.18 Å². The van der Waals surface area contributed by atoms with Gasteiger partial charge in [0.15, 0.2) is 6.10 Å². The predicted octanol–water partition coefficient (Wildman–Crippen LogP) is 1.69. The van der Waals surface area contributed by atoms with E-state index >= 15 is 0 Å². The van der Waals surface area contributed by atoms with E-state index in [-0.39, 0.29) is 11.5 Å². The largest absolute Gasteiger partial charge is 0.495 e. The van der Waals surface area contributed by atoms with E-state index in [1.165, 1.54) is 14.2 Å². The van der Waals surface area contributed by atoms with Crippen LogP contribution in [0.2, 0.25) is 0 Å². The van der Waals surface area contributed by atoms with Gasteiger partial charge in [-0.3, -0.25) is 4.98 Å². The first-order valence-corrected chi connectivity index (χ1v) is 4.22. The second-order valence-electron chi connectivity index (χ2n) is 2.90. The third-order valence-corrected chi connectivity index (χ3v) is 1.94. The van der Waals surface area contributed by atoms with E-state index in [0.717, 1.165) is 12.4 Å². The van der Waals surface area contributed by atoms with Crippen molar-refractivity contribution in [3.63, 3.8) is 0 Å². The van der Waals surface area contributed by atoms with E-state index in [4.69, 9.17) is 14.6 Å². The number of aliphatic hydroxyl groups excluding tert-OH is 1. The molecule has 90 valence electrons. The lowest BCUT2D eigenvalue weighted by Gasteiger charge is -2.19. The summed E-state index contributed by atoms with van der Waals surface area (Å²) in [5, 5.41) is 9.17. The molecule has 1 atom stereocenters. The van der Waals surface area contributed by atoms with Crippen LogP contribution in [-0.4, -0.2) is 30.5 Å². The summed E-state index contributed by atoms with van der Waals surface area (Å²) in [5.41, 5.74) is -0.479. The molecule has 0 radical (unpaired) electrons. The van der Waals surface area contributed by atoms with Gasteiger partial charge in [-0.1, -0.05) is 0 Å². The zero-order valence-corrected chi connectivity index (χ0v) is 8.58. The van der Waals surface area contributed by atoms with Crippen molar-refractivity contribution in [2.75, 3.05) is 14.2 Å². The first kappa shape index (κ1) is 12.6. The SMILES string of the molecule is COc1cncc(OC)c1C(O)C(F)(F)F. The van der Waals surface area contributed by atoms with Crippen molar-refractivity contribution in [3.8, 4) is 11.5 Å². The fourth-order valence-electron chi connectivity index (χ4n) is 1.19. The fourth-order valence-corrected chi connectivity index (χ4v) is 1.19. The second-order valence-corrected chi connectivity index (χ2v) is 2.90. The molecule has 16 heavy (non-hydrogen) atoms.